The summed E-state index contributed by atoms with van der Waals surface area (Å²) in [5.41, 5.74) is 0. The van der Waals surface area contributed by atoms with Gasteiger partial charge in [0.05, 0.1) is 11.6 Å². The fourth-order valence-corrected chi connectivity index (χ4v) is 2.80. The summed E-state index contributed by atoms with van der Waals surface area (Å²) in [5, 5.41) is 7.74. The van der Waals surface area contributed by atoms with Crippen LogP contribution in [0.2, 0.25) is 0 Å². The highest BCUT2D eigenvalue weighted by atomic mass is 32.1. The van der Waals surface area contributed by atoms with Crippen LogP contribution in [0.1, 0.15) is 16.3 Å². The Morgan fingerprint density at radius 3 is 2.70 bits per heavy atom. The number of aryl methyl sites for hydroxylation is 1. The van der Waals surface area contributed by atoms with Crippen molar-refractivity contribution in [3.8, 4) is 5.75 Å². The van der Waals surface area contributed by atoms with Gasteiger partial charge in [0.2, 0.25) is 0 Å². The predicted molar refractivity (Wildman–Crippen MR) is 96.5 cm³/mol. The quantitative estimate of drug-likeness (QED) is 0.443. The van der Waals surface area contributed by atoms with Gasteiger partial charge in [0.1, 0.15) is 5.75 Å². The van der Waals surface area contributed by atoms with E-state index >= 15 is 0 Å². The molecule has 0 saturated carbocycles. The molecule has 0 aliphatic rings. The van der Waals surface area contributed by atoms with Crippen LogP contribution in [0, 0.1) is 6.92 Å². The maximum Gasteiger partial charge on any atom is 0.190 e. The largest absolute Gasteiger partial charge is 0.494 e. The molecule has 0 spiro atoms. The van der Waals surface area contributed by atoms with Crippen LogP contribution < -0.4 is 15.4 Å². The zero-order valence-corrected chi connectivity index (χ0v) is 14.5. The van der Waals surface area contributed by atoms with Crippen LogP contribution in [0.4, 0.5) is 0 Å². The molecule has 0 atom stereocenters. The minimum atomic E-state index is 0.687. The molecule has 0 saturated heterocycles. The van der Waals surface area contributed by atoms with E-state index in [1.54, 1.807) is 18.4 Å². The lowest BCUT2D eigenvalue weighted by molar-refractivity contribution is 0.311. The molecule has 6 heteroatoms. The summed E-state index contributed by atoms with van der Waals surface area (Å²) in [4.78, 5) is 9.82. The summed E-state index contributed by atoms with van der Waals surface area (Å²) in [7, 11) is 1.78. The molecule has 1 aromatic carbocycles. The summed E-state index contributed by atoms with van der Waals surface area (Å²) >= 11 is 1.74. The molecule has 0 fully saturated rings. The van der Waals surface area contributed by atoms with E-state index in [9.17, 15) is 0 Å². The molecule has 0 aliphatic heterocycles. The van der Waals surface area contributed by atoms with Gasteiger partial charge in [-0.1, -0.05) is 18.2 Å². The first-order valence-corrected chi connectivity index (χ1v) is 8.63. The van der Waals surface area contributed by atoms with Crippen molar-refractivity contribution in [3.05, 3.63) is 46.4 Å². The number of nitrogens with zero attached hydrogens (tertiary/aromatic N) is 2. The Labute approximate surface area is 141 Å². The first-order chi connectivity index (χ1) is 11.3. The molecule has 0 unspecified atom stereocenters. The Kier molecular flexibility index (Phi) is 7.39. The normalized spacial score (nSPS) is 11.3. The van der Waals surface area contributed by atoms with Gasteiger partial charge in [0, 0.05) is 37.6 Å². The molecular weight excluding hydrogens is 308 g/mol. The van der Waals surface area contributed by atoms with Crippen LogP contribution in [0.15, 0.2) is 41.5 Å². The number of hydrogen-bond acceptors (Lipinski definition) is 4. The molecule has 5 nitrogen and oxygen atoms in total. The summed E-state index contributed by atoms with van der Waals surface area (Å²) in [6.45, 7) is 4.41. The summed E-state index contributed by atoms with van der Waals surface area (Å²) in [5.74, 6) is 1.73. The lowest BCUT2D eigenvalue weighted by atomic mass is 10.3. The predicted octanol–water partition coefficient (Wildman–Crippen LogP) is 2.63. The first-order valence-electron chi connectivity index (χ1n) is 7.81. The fourth-order valence-electron chi connectivity index (χ4n) is 2.01. The third-order valence-corrected chi connectivity index (χ3v) is 4.12. The lowest BCUT2D eigenvalue weighted by Crippen LogP contribution is -2.39. The molecule has 0 radical (unpaired) electrons. The molecule has 124 valence electrons. The van der Waals surface area contributed by atoms with Crippen molar-refractivity contribution in [1.29, 1.82) is 0 Å². The van der Waals surface area contributed by atoms with E-state index in [-0.39, 0.29) is 0 Å². The second kappa shape index (κ2) is 9.84. The number of aromatic nitrogens is 1. The van der Waals surface area contributed by atoms with Crippen molar-refractivity contribution in [3.63, 3.8) is 0 Å². The van der Waals surface area contributed by atoms with E-state index in [4.69, 9.17) is 4.74 Å². The van der Waals surface area contributed by atoms with Gasteiger partial charge < -0.3 is 15.4 Å². The Morgan fingerprint density at radius 1 is 1.22 bits per heavy atom. The maximum absolute atomic E-state index is 5.66. The van der Waals surface area contributed by atoms with Gasteiger partial charge in [-0.25, -0.2) is 4.98 Å². The van der Waals surface area contributed by atoms with Crippen LogP contribution >= 0.6 is 11.3 Å². The standard InChI is InChI=1S/C17H24N4OS/c1-14-13-21-16(23-14)9-11-20-17(18-2)19-10-6-12-22-15-7-4-3-5-8-15/h3-5,7-8,13H,6,9-12H2,1-2H3,(H2,18,19,20). The number of nitrogens with one attached hydrogen (secondary N) is 2. The molecule has 2 aromatic rings. The second-order valence-corrected chi connectivity index (χ2v) is 6.37. The molecule has 2 rings (SSSR count). The third kappa shape index (κ3) is 6.69. The smallest absolute Gasteiger partial charge is 0.190 e. The Bertz CT molecular complexity index is 598. The van der Waals surface area contributed by atoms with Crippen LogP contribution in [-0.2, 0) is 6.42 Å². The molecule has 0 amide bonds. The molecule has 23 heavy (non-hydrogen) atoms. The highest BCUT2D eigenvalue weighted by Gasteiger charge is 2.01. The highest BCUT2D eigenvalue weighted by molar-refractivity contribution is 7.11. The van der Waals surface area contributed by atoms with Crippen LogP contribution in [-0.4, -0.2) is 37.7 Å². The maximum atomic E-state index is 5.66. The fraction of sp³-hybridized carbons (Fsp3) is 0.412. The average molecular weight is 332 g/mol. The molecule has 0 bridgehead atoms. The Morgan fingerprint density at radius 2 is 2.00 bits per heavy atom. The zero-order chi connectivity index (χ0) is 16.3. The zero-order valence-electron chi connectivity index (χ0n) is 13.7. The van der Waals surface area contributed by atoms with Crippen LogP contribution in [0.3, 0.4) is 0 Å². The summed E-state index contributed by atoms with van der Waals surface area (Å²) in [6.07, 6.45) is 3.75. The van der Waals surface area contributed by atoms with Crippen molar-refractivity contribution in [2.45, 2.75) is 19.8 Å². The van der Waals surface area contributed by atoms with E-state index in [2.05, 4.69) is 27.5 Å². The highest BCUT2D eigenvalue weighted by Crippen LogP contribution is 2.11. The molecule has 2 N–H and O–H groups in total. The second-order valence-electron chi connectivity index (χ2n) is 5.06. The van der Waals surface area contributed by atoms with Crippen molar-refractivity contribution in [1.82, 2.24) is 15.6 Å². The number of guanidine groups is 1. The minimum absolute atomic E-state index is 0.687. The van der Waals surface area contributed by atoms with E-state index < -0.39 is 0 Å². The minimum Gasteiger partial charge on any atom is -0.494 e. The number of ether oxygens (including phenoxy) is 1. The molecule has 0 aliphatic carbocycles. The van der Waals surface area contributed by atoms with Gasteiger partial charge >= 0.3 is 0 Å². The van der Waals surface area contributed by atoms with Crippen LogP contribution in [0.5, 0.6) is 5.75 Å². The third-order valence-electron chi connectivity index (χ3n) is 3.15. The van der Waals surface area contributed by atoms with Crippen molar-refractivity contribution in [2.75, 3.05) is 26.7 Å². The number of benzene rings is 1. The molecule has 1 heterocycles. The number of aliphatic imine (C=N–C) groups is 1. The van der Waals surface area contributed by atoms with Crippen molar-refractivity contribution >= 4 is 17.3 Å². The number of para-hydroxylation sites is 1. The van der Waals surface area contributed by atoms with Gasteiger partial charge in [0.15, 0.2) is 5.96 Å². The topological polar surface area (TPSA) is 58.5 Å². The van der Waals surface area contributed by atoms with E-state index in [1.165, 1.54) is 4.88 Å². The monoisotopic (exact) mass is 332 g/mol. The van der Waals surface area contributed by atoms with Crippen LogP contribution in [0.25, 0.3) is 0 Å². The van der Waals surface area contributed by atoms with Gasteiger partial charge in [-0.2, -0.15) is 0 Å². The summed E-state index contributed by atoms with van der Waals surface area (Å²) < 4.78 is 5.66. The Balaban J connectivity index is 1.56. The molecule has 1 aromatic heterocycles. The van der Waals surface area contributed by atoms with E-state index in [0.29, 0.717) is 6.61 Å². The average Bonchev–Trinajstić information content (AvgIpc) is 2.99. The van der Waals surface area contributed by atoms with Crippen molar-refractivity contribution < 1.29 is 4.74 Å². The number of hydrogen-bond donors (Lipinski definition) is 2. The van der Waals surface area contributed by atoms with Gasteiger partial charge in [-0.15, -0.1) is 11.3 Å². The first kappa shape index (κ1) is 17.3. The number of thiazole rings is 1. The Hall–Kier alpha value is -2.08. The lowest BCUT2D eigenvalue weighted by Gasteiger charge is -2.11. The van der Waals surface area contributed by atoms with E-state index in [0.717, 1.165) is 42.6 Å². The number of rotatable bonds is 8. The molecular formula is C17H24N4OS. The van der Waals surface area contributed by atoms with Gasteiger partial charge in [0.25, 0.3) is 0 Å². The summed E-state index contributed by atoms with van der Waals surface area (Å²) in [6, 6.07) is 9.87. The van der Waals surface area contributed by atoms with Gasteiger partial charge in [-0.3, -0.25) is 4.99 Å². The SMILES string of the molecule is CN=C(NCCCOc1ccccc1)NCCc1ncc(C)s1. The van der Waals surface area contributed by atoms with Gasteiger partial charge in [-0.05, 0) is 25.5 Å². The van der Waals surface area contributed by atoms with E-state index in [1.807, 2.05) is 36.5 Å². The van der Waals surface area contributed by atoms with Crippen molar-refractivity contribution in [2.24, 2.45) is 4.99 Å².